The van der Waals surface area contributed by atoms with Crippen LogP contribution in [0.4, 0.5) is 5.69 Å². The number of nitrogens with one attached hydrogen (secondary N) is 2. The molecule has 0 saturated carbocycles. The number of ether oxygens (including phenoxy) is 2. The van der Waals surface area contributed by atoms with Gasteiger partial charge in [0, 0.05) is 13.2 Å². The largest absolute Gasteiger partial charge is 0.495 e. The number of carbonyl (C=O) groups excluding carboxylic acids is 1. The van der Waals surface area contributed by atoms with Crippen molar-refractivity contribution >= 4 is 11.6 Å². The number of aryl methyl sites for hydroxylation is 1. The lowest BCUT2D eigenvalue weighted by molar-refractivity contribution is -0.120. The van der Waals surface area contributed by atoms with Crippen LogP contribution in [0, 0.1) is 6.92 Å². The second-order valence-corrected chi connectivity index (χ2v) is 4.48. The molecule has 1 rings (SSSR count). The van der Waals surface area contributed by atoms with Gasteiger partial charge in [-0.05, 0) is 31.5 Å². The first kappa shape index (κ1) is 15.3. The van der Waals surface area contributed by atoms with Gasteiger partial charge >= 0.3 is 0 Å². The Morgan fingerprint density at radius 3 is 2.74 bits per heavy atom. The molecule has 0 aromatic heterocycles. The van der Waals surface area contributed by atoms with Crippen LogP contribution in [-0.4, -0.2) is 39.3 Å². The molecule has 19 heavy (non-hydrogen) atoms. The second kappa shape index (κ2) is 7.63. The van der Waals surface area contributed by atoms with Gasteiger partial charge in [0.15, 0.2) is 0 Å². The van der Waals surface area contributed by atoms with E-state index in [1.54, 1.807) is 14.2 Å². The molecule has 1 aromatic rings. The van der Waals surface area contributed by atoms with Crippen molar-refractivity contribution in [3.05, 3.63) is 23.8 Å². The second-order valence-electron chi connectivity index (χ2n) is 4.48. The van der Waals surface area contributed by atoms with Gasteiger partial charge in [-0.25, -0.2) is 0 Å². The van der Waals surface area contributed by atoms with Gasteiger partial charge in [0.25, 0.3) is 0 Å². The maximum absolute atomic E-state index is 11.7. The molecular weight excluding hydrogens is 244 g/mol. The maximum atomic E-state index is 11.7. The number of anilines is 1. The minimum atomic E-state index is -0.0758. The molecule has 0 aliphatic rings. The monoisotopic (exact) mass is 266 g/mol. The molecule has 5 heteroatoms. The Morgan fingerprint density at radius 2 is 2.11 bits per heavy atom. The van der Waals surface area contributed by atoms with Gasteiger partial charge in [0.05, 0.1) is 25.9 Å². The zero-order chi connectivity index (χ0) is 14.3. The summed E-state index contributed by atoms with van der Waals surface area (Å²) in [7, 11) is 3.22. The molecule has 5 nitrogen and oxygen atoms in total. The summed E-state index contributed by atoms with van der Waals surface area (Å²) in [6, 6.07) is 5.79. The minimum Gasteiger partial charge on any atom is -0.495 e. The van der Waals surface area contributed by atoms with E-state index in [4.69, 9.17) is 9.47 Å². The van der Waals surface area contributed by atoms with Crippen LogP contribution in [-0.2, 0) is 9.53 Å². The summed E-state index contributed by atoms with van der Waals surface area (Å²) in [4.78, 5) is 11.7. The molecule has 0 radical (unpaired) electrons. The highest BCUT2D eigenvalue weighted by molar-refractivity contribution is 5.81. The fourth-order valence-electron chi connectivity index (χ4n) is 1.75. The zero-order valence-corrected chi connectivity index (χ0v) is 11.9. The quantitative estimate of drug-likeness (QED) is 0.786. The zero-order valence-electron chi connectivity index (χ0n) is 11.9. The van der Waals surface area contributed by atoms with Crippen molar-refractivity contribution in [2.75, 3.05) is 32.7 Å². The molecule has 2 N–H and O–H groups in total. The molecule has 1 atom stereocenters. The van der Waals surface area contributed by atoms with Gasteiger partial charge in [0.1, 0.15) is 5.75 Å². The van der Waals surface area contributed by atoms with E-state index in [0.717, 1.165) is 17.0 Å². The Balaban J connectivity index is 2.52. The van der Waals surface area contributed by atoms with Crippen molar-refractivity contribution in [3.63, 3.8) is 0 Å². The number of hydrogen-bond acceptors (Lipinski definition) is 4. The van der Waals surface area contributed by atoms with E-state index in [2.05, 4.69) is 10.6 Å². The molecule has 0 aliphatic carbocycles. The van der Waals surface area contributed by atoms with Gasteiger partial charge in [0.2, 0.25) is 5.91 Å². The number of methoxy groups -OCH3 is 2. The van der Waals surface area contributed by atoms with Crippen molar-refractivity contribution in [2.24, 2.45) is 0 Å². The number of benzene rings is 1. The van der Waals surface area contributed by atoms with E-state index in [1.165, 1.54) is 0 Å². The van der Waals surface area contributed by atoms with Crippen LogP contribution < -0.4 is 15.4 Å². The van der Waals surface area contributed by atoms with Crippen LogP contribution >= 0.6 is 0 Å². The smallest absolute Gasteiger partial charge is 0.239 e. The third-order valence-electron chi connectivity index (χ3n) is 2.62. The number of hydrogen-bond donors (Lipinski definition) is 2. The normalized spacial score (nSPS) is 11.8. The third-order valence-corrected chi connectivity index (χ3v) is 2.62. The molecule has 1 amide bonds. The summed E-state index contributed by atoms with van der Waals surface area (Å²) in [6.07, 6.45) is 0. The average Bonchev–Trinajstić information content (AvgIpc) is 2.36. The topological polar surface area (TPSA) is 59.6 Å². The highest BCUT2D eigenvalue weighted by Crippen LogP contribution is 2.24. The Kier molecular flexibility index (Phi) is 6.15. The molecule has 1 unspecified atom stereocenters. The van der Waals surface area contributed by atoms with E-state index in [1.807, 2.05) is 32.0 Å². The van der Waals surface area contributed by atoms with Crippen LogP contribution in [0.3, 0.4) is 0 Å². The van der Waals surface area contributed by atoms with Gasteiger partial charge in [-0.2, -0.15) is 0 Å². The number of rotatable bonds is 7. The highest BCUT2D eigenvalue weighted by atomic mass is 16.5. The molecular formula is C14H22N2O3. The lowest BCUT2D eigenvalue weighted by Gasteiger charge is -2.15. The first-order valence-corrected chi connectivity index (χ1v) is 6.23. The molecule has 0 spiro atoms. The van der Waals surface area contributed by atoms with Crippen LogP contribution in [0.15, 0.2) is 18.2 Å². The summed E-state index contributed by atoms with van der Waals surface area (Å²) >= 11 is 0. The van der Waals surface area contributed by atoms with Crippen molar-refractivity contribution in [1.29, 1.82) is 0 Å². The van der Waals surface area contributed by atoms with Crippen molar-refractivity contribution in [2.45, 2.75) is 19.9 Å². The summed E-state index contributed by atoms with van der Waals surface area (Å²) in [5.74, 6) is 0.649. The predicted molar refractivity (Wildman–Crippen MR) is 75.7 cm³/mol. The van der Waals surface area contributed by atoms with Gasteiger partial charge in [-0.15, -0.1) is 0 Å². The number of carbonyl (C=O) groups is 1. The third kappa shape index (κ3) is 5.18. The standard InChI is InChI=1S/C14H22N2O3/c1-10-5-6-13(19-4)12(7-10)15-8-14(17)16-11(2)9-18-3/h5-7,11,15H,8-9H2,1-4H3,(H,16,17). The molecule has 0 bridgehead atoms. The van der Waals surface area contributed by atoms with Gasteiger partial charge < -0.3 is 20.1 Å². The maximum Gasteiger partial charge on any atom is 0.239 e. The summed E-state index contributed by atoms with van der Waals surface area (Å²) < 4.78 is 10.2. The van der Waals surface area contributed by atoms with E-state index in [-0.39, 0.29) is 18.5 Å². The fourth-order valence-corrected chi connectivity index (χ4v) is 1.75. The summed E-state index contributed by atoms with van der Waals surface area (Å²) in [5, 5.41) is 5.91. The molecule has 106 valence electrons. The summed E-state index contributed by atoms with van der Waals surface area (Å²) in [5.41, 5.74) is 1.92. The van der Waals surface area contributed by atoms with Crippen LogP contribution in [0.2, 0.25) is 0 Å². The Hall–Kier alpha value is -1.75. The van der Waals surface area contributed by atoms with E-state index < -0.39 is 0 Å². The molecule has 0 fully saturated rings. The number of amides is 1. The van der Waals surface area contributed by atoms with E-state index in [0.29, 0.717) is 6.61 Å². The molecule has 0 heterocycles. The summed E-state index contributed by atoms with van der Waals surface area (Å²) in [6.45, 7) is 4.59. The van der Waals surface area contributed by atoms with Crippen LogP contribution in [0.25, 0.3) is 0 Å². The Labute approximate surface area is 114 Å². The first-order chi connectivity index (χ1) is 9.06. The fraction of sp³-hybridized carbons (Fsp3) is 0.500. The van der Waals surface area contributed by atoms with Gasteiger partial charge in [-0.1, -0.05) is 6.07 Å². The average molecular weight is 266 g/mol. The Bertz CT molecular complexity index is 421. The predicted octanol–water partition coefficient (Wildman–Crippen LogP) is 1.57. The Morgan fingerprint density at radius 1 is 1.37 bits per heavy atom. The van der Waals surface area contributed by atoms with Crippen molar-refractivity contribution in [3.8, 4) is 5.75 Å². The molecule has 1 aromatic carbocycles. The van der Waals surface area contributed by atoms with Crippen LogP contribution in [0.1, 0.15) is 12.5 Å². The van der Waals surface area contributed by atoms with E-state index in [9.17, 15) is 4.79 Å². The first-order valence-electron chi connectivity index (χ1n) is 6.23. The lowest BCUT2D eigenvalue weighted by atomic mass is 10.2. The van der Waals surface area contributed by atoms with E-state index >= 15 is 0 Å². The lowest BCUT2D eigenvalue weighted by Crippen LogP contribution is -2.39. The molecule has 0 saturated heterocycles. The van der Waals surface area contributed by atoms with Crippen LogP contribution in [0.5, 0.6) is 5.75 Å². The van der Waals surface area contributed by atoms with Crippen molar-refractivity contribution in [1.82, 2.24) is 5.32 Å². The molecule has 0 aliphatic heterocycles. The van der Waals surface area contributed by atoms with Crippen molar-refractivity contribution < 1.29 is 14.3 Å². The minimum absolute atomic E-state index is 0.00120. The highest BCUT2D eigenvalue weighted by Gasteiger charge is 2.08. The van der Waals surface area contributed by atoms with Gasteiger partial charge in [-0.3, -0.25) is 4.79 Å². The SMILES string of the molecule is COCC(C)NC(=O)CNc1cc(C)ccc1OC.